The molecule has 0 radical (unpaired) electrons. The maximum Gasteiger partial charge on any atom is 0.410 e. The van der Waals surface area contributed by atoms with Crippen LogP contribution in [0.1, 0.15) is 48.3 Å². The van der Waals surface area contributed by atoms with E-state index in [0.717, 1.165) is 12.1 Å². The van der Waals surface area contributed by atoms with Gasteiger partial charge < -0.3 is 9.64 Å². The van der Waals surface area contributed by atoms with Gasteiger partial charge in [0.1, 0.15) is 22.5 Å². The molecular weight excluding hydrogens is 547 g/mol. The van der Waals surface area contributed by atoms with E-state index in [9.17, 15) is 24.1 Å². The number of amides is 1. The second kappa shape index (κ2) is 8.87. The molecular formula is C23H21BrClFN4O5. The Morgan fingerprint density at radius 2 is 1.94 bits per heavy atom. The molecule has 12 heteroatoms. The zero-order chi connectivity index (χ0) is 25.8. The Hall–Kier alpha value is -3.05. The molecule has 3 aromatic rings. The fraction of sp³-hybridized carbons (Fsp3) is 0.348. The van der Waals surface area contributed by atoms with Crippen molar-refractivity contribution in [3.8, 4) is 0 Å². The number of benzene rings is 2. The third-order valence-corrected chi connectivity index (χ3v) is 6.71. The van der Waals surface area contributed by atoms with Crippen LogP contribution < -0.4 is 0 Å². The standard InChI is InChI=1S/C23H21BrClFN4O5/c1-23(2,3)35-22(32)29-9-11(10-29)20-14-8-16(30(33)34)17(18(24)19(14)27-28(20)4)21(31)13-7-12(26)5-6-15(13)25/h5-8,11H,9-10H2,1-4H3. The summed E-state index contributed by atoms with van der Waals surface area (Å²) in [6, 6.07) is 4.54. The van der Waals surface area contributed by atoms with Crippen LogP contribution in [0.4, 0.5) is 14.9 Å². The first kappa shape index (κ1) is 25.1. The van der Waals surface area contributed by atoms with Gasteiger partial charge in [-0.15, -0.1) is 0 Å². The Morgan fingerprint density at radius 3 is 2.54 bits per heavy atom. The quantitative estimate of drug-likeness (QED) is 0.231. The van der Waals surface area contributed by atoms with Gasteiger partial charge in [0.2, 0.25) is 5.78 Å². The summed E-state index contributed by atoms with van der Waals surface area (Å²) in [5.74, 6) is -1.64. The minimum atomic E-state index is -0.804. The highest BCUT2D eigenvalue weighted by Crippen LogP contribution is 2.41. The van der Waals surface area contributed by atoms with Gasteiger partial charge in [-0.3, -0.25) is 19.6 Å². The van der Waals surface area contributed by atoms with Gasteiger partial charge in [-0.2, -0.15) is 5.10 Å². The minimum absolute atomic E-state index is 0.0314. The number of ether oxygens (including phenoxy) is 1. The van der Waals surface area contributed by atoms with Crippen LogP contribution in [0.5, 0.6) is 0 Å². The number of aryl methyl sites for hydroxylation is 1. The number of halogens is 3. The number of rotatable bonds is 4. The number of nitrogens with zero attached hydrogens (tertiary/aromatic N) is 4. The van der Waals surface area contributed by atoms with Crippen LogP contribution in [-0.4, -0.2) is 50.2 Å². The van der Waals surface area contributed by atoms with Crippen molar-refractivity contribution in [2.75, 3.05) is 13.1 Å². The molecule has 0 bridgehead atoms. The van der Waals surface area contributed by atoms with Gasteiger partial charge in [0.15, 0.2) is 0 Å². The van der Waals surface area contributed by atoms with Crippen molar-refractivity contribution in [2.24, 2.45) is 7.05 Å². The van der Waals surface area contributed by atoms with Crippen LogP contribution in [0.15, 0.2) is 28.7 Å². The number of hydrogen-bond acceptors (Lipinski definition) is 6. The molecule has 1 fully saturated rings. The summed E-state index contributed by atoms with van der Waals surface area (Å²) in [6.07, 6.45) is -0.438. The van der Waals surface area contributed by atoms with Crippen LogP contribution in [0, 0.1) is 15.9 Å². The van der Waals surface area contributed by atoms with Crippen molar-refractivity contribution in [3.05, 3.63) is 66.5 Å². The summed E-state index contributed by atoms with van der Waals surface area (Å²) in [6.45, 7) is 6.05. The van der Waals surface area contributed by atoms with Crippen molar-refractivity contribution in [1.82, 2.24) is 14.7 Å². The summed E-state index contributed by atoms with van der Waals surface area (Å²) >= 11 is 9.41. The van der Waals surface area contributed by atoms with Gasteiger partial charge in [-0.25, -0.2) is 9.18 Å². The number of carbonyl (C=O) groups excluding carboxylic acids is 2. The number of ketones is 1. The highest BCUT2D eigenvalue weighted by atomic mass is 79.9. The summed E-state index contributed by atoms with van der Waals surface area (Å²) in [4.78, 5) is 38.4. The average Bonchev–Trinajstić information content (AvgIpc) is 3.03. The highest BCUT2D eigenvalue weighted by molar-refractivity contribution is 9.10. The molecule has 0 N–H and O–H groups in total. The molecule has 0 saturated carbocycles. The van der Waals surface area contributed by atoms with E-state index in [0.29, 0.717) is 29.7 Å². The van der Waals surface area contributed by atoms with E-state index in [1.165, 1.54) is 12.1 Å². The lowest BCUT2D eigenvalue weighted by molar-refractivity contribution is -0.385. The van der Waals surface area contributed by atoms with Crippen LogP contribution >= 0.6 is 27.5 Å². The summed E-state index contributed by atoms with van der Waals surface area (Å²) < 4.78 is 20.9. The topological polar surface area (TPSA) is 108 Å². The number of hydrogen-bond donors (Lipinski definition) is 0. The van der Waals surface area contributed by atoms with Gasteiger partial charge in [-0.05, 0) is 54.9 Å². The normalized spacial score (nSPS) is 14.2. The fourth-order valence-electron chi connectivity index (χ4n) is 4.07. The Kier molecular flexibility index (Phi) is 6.35. The number of carbonyl (C=O) groups is 2. The lowest BCUT2D eigenvalue weighted by atomic mass is 9.92. The van der Waals surface area contributed by atoms with Crippen LogP contribution in [0.25, 0.3) is 10.9 Å². The predicted octanol–water partition coefficient (Wildman–Crippen LogP) is 5.60. The second-order valence-electron chi connectivity index (χ2n) is 9.28. The average molecular weight is 568 g/mol. The lowest BCUT2D eigenvalue weighted by Gasteiger charge is -2.39. The highest BCUT2D eigenvalue weighted by Gasteiger charge is 2.39. The molecule has 1 amide bonds. The molecule has 2 aromatic carbocycles. The smallest absolute Gasteiger partial charge is 0.410 e. The molecule has 1 saturated heterocycles. The number of nitro benzene ring substituents is 1. The SMILES string of the molecule is Cn1nc2c(Br)c(C(=O)c3cc(F)ccc3Cl)c([N+](=O)[O-])cc2c1C1CN(C(=O)OC(C)(C)C)C1. The first-order valence-electron chi connectivity index (χ1n) is 10.6. The van der Waals surface area contributed by atoms with E-state index in [1.807, 2.05) is 0 Å². The number of nitro groups is 1. The van der Waals surface area contributed by atoms with Crippen LogP contribution in [-0.2, 0) is 11.8 Å². The minimum Gasteiger partial charge on any atom is -0.444 e. The van der Waals surface area contributed by atoms with Crippen molar-refractivity contribution in [2.45, 2.75) is 32.3 Å². The molecule has 9 nitrogen and oxygen atoms in total. The van der Waals surface area contributed by atoms with E-state index in [-0.39, 0.29) is 26.5 Å². The van der Waals surface area contributed by atoms with Gasteiger partial charge in [0.05, 0.1) is 20.1 Å². The number of aromatic nitrogens is 2. The molecule has 0 atom stereocenters. The summed E-state index contributed by atoms with van der Waals surface area (Å²) in [5.41, 5.74) is -0.541. The molecule has 184 valence electrons. The van der Waals surface area contributed by atoms with Crippen molar-refractivity contribution in [3.63, 3.8) is 0 Å². The molecule has 35 heavy (non-hydrogen) atoms. The molecule has 0 spiro atoms. The van der Waals surface area contributed by atoms with Crippen molar-refractivity contribution >= 4 is 56.0 Å². The lowest BCUT2D eigenvalue weighted by Crippen LogP contribution is -2.50. The van der Waals surface area contributed by atoms with E-state index < -0.39 is 33.9 Å². The molecule has 2 heterocycles. The molecule has 0 unspecified atom stereocenters. The van der Waals surface area contributed by atoms with Crippen LogP contribution in [0.2, 0.25) is 5.02 Å². The third-order valence-electron chi connectivity index (χ3n) is 5.61. The Balaban J connectivity index is 1.76. The van der Waals surface area contributed by atoms with Gasteiger partial charge >= 0.3 is 6.09 Å². The van der Waals surface area contributed by atoms with Gasteiger partial charge in [0, 0.05) is 43.1 Å². The third kappa shape index (κ3) is 4.62. The molecule has 1 aliphatic heterocycles. The van der Waals surface area contributed by atoms with E-state index in [1.54, 1.807) is 37.4 Å². The largest absolute Gasteiger partial charge is 0.444 e. The second-order valence-corrected chi connectivity index (χ2v) is 10.5. The molecule has 0 aliphatic carbocycles. The number of fused-ring (bicyclic) bond motifs is 1. The maximum absolute atomic E-state index is 13.8. The van der Waals surface area contributed by atoms with Gasteiger partial charge in [-0.1, -0.05) is 11.6 Å². The molecule has 4 rings (SSSR count). The van der Waals surface area contributed by atoms with Gasteiger partial charge in [0.25, 0.3) is 5.69 Å². The predicted molar refractivity (Wildman–Crippen MR) is 130 cm³/mol. The zero-order valence-corrected chi connectivity index (χ0v) is 21.6. The first-order chi connectivity index (χ1) is 16.3. The Labute approximate surface area is 213 Å². The van der Waals surface area contributed by atoms with Crippen molar-refractivity contribution in [1.29, 1.82) is 0 Å². The number of likely N-dealkylation sites (tertiary alicyclic amines) is 1. The van der Waals surface area contributed by atoms with Crippen LogP contribution in [0.3, 0.4) is 0 Å². The molecule has 1 aromatic heterocycles. The maximum atomic E-state index is 13.8. The summed E-state index contributed by atoms with van der Waals surface area (Å²) in [5, 5.41) is 16.9. The molecule has 1 aliphatic rings. The van der Waals surface area contributed by atoms with E-state index in [4.69, 9.17) is 16.3 Å². The Bertz CT molecular complexity index is 1400. The monoisotopic (exact) mass is 566 g/mol. The first-order valence-corrected chi connectivity index (χ1v) is 11.8. The zero-order valence-electron chi connectivity index (χ0n) is 19.3. The van der Waals surface area contributed by atoms with Crippen molar-refractivity contribution < 1.29 is 23.6 Å². The summed E-state index contributed by atoms with van der Waals surface area (Å²) in [7, 11) is 1.69. The Morgan fingerprint density at radius 1 is 1.29 bits per heavy atom. The fourth-order valence-corrected chi connectivity index (χ4v) is 4.95. The van der Waals surface area contributed by atoms with E-state index >= 15 is 0 Å². The van der Waals surface area contributed by atoms with E-state index in [2.05, 4.69) is 21.0 Å².